The van der Waals surface area contributed by atoms with Crippen LogP contribution in [0.4, 0.5) is 35.5 Å². The van der Waals surface area contributed by atoms with Crippen LogP contribution in [-0.2, 0) is 18.9 Å². The van der Waals surface area contributed by atoms with Crippen LogP contribution in [0.5, 0.6) is 0 Å². The highest BCUT2D eigenvalue weighted by atomic mass is 19.4. The summed E-state index contributed by atoms with van der Waals surface area (Å²) in [7, 11) is 0. The molecule has 4 atom stereocenters. The zero-order valence-electron chi connectivity index (χ0n) is 10.8. The second-order valence-electron chi connectivity index (χ2n) is 4.83. The van der Waals surface area contributed by atoms with Crippen LogP contribution in [-0.4, -0.2) is 55.4 Å². The summed E-state index contributed by atoms with van der Waals surface area (Å²) in [4.78, 5) is 10.6. The predicted molar refractivity (Wildman–Crippen MR) is 51.4 cm³/mol. The number of ether oxygens (including phenoxy) is 4. The Balaban J connectivity index is 2.10. The number of rotatable bonds is 4. The number of carbonyl (C=O) groups is 1. The van der Waals surface area contributed by atoms with Gasteiger partial charge in [0.05, 0.1) is 6.61 Å². The Hall–Kier alpha value is -1.30. The molecule has 0 radical (unpaired) electrons. The molecule has 0 aromatic rings. The number of hydrogen-bond donors (Lipinski definition) is 0. The third-order valence-corrected chi connectivity index (χ3v) is 3.24. The van der Waals surface area contributed by atoms with Crippen LogP contribution in [0, 0.1) is 0 Å². The molecule has 2 heterocycles. The summed E-state index contributed by atoms with van der Waals surface area (Å²) in [5.74, 6) is -4.12. The molecule has 2 aliphatic heterocycles. The number of carbonyl (C=O) groups excluding carboxylic acids is 1. The van der Waals surface area contributed by atoms with Gasteiger partial charge in [-0.2, -0.15) is 26.3 Å². The van der Waals surface area contributed by atoms with E-state index in [1.807, 2.05) is 0 Å². The summed E-state index contributed by atoms with van der Waals surface area (Å²) >= 11 is 0. The van der Waals surface area contributed by atoms with Gasteiger partial charge < -0.3 is 18.9 Å². The fourth-order valence-corrected chi connectivity index (χ4v) is 1.89. The van der Waals surface area contributed by atoms with E-state index in [1.165, 1.54) is 0 Å². The molecule has 12 heteroatoms. The lowest BCUT2D eigenvalue weighted by molar-refractivity contribution is -0.263. The Morgan fingerprint density at radius 1 is 1.32 bits per heavy atom. The zero-order chi connectivity index (χ0) is 17.0. The molecule has 0 aromatic carbocycles. The maximum Gasteiger partial charge on any atom is 0.508 e. The average Bonchev–Trinajstić information content (AvgIpc) is 2.69. The van der Waals surface area contributed by atoms with Crippen molar-refractivity contribution in [1.82, 2.24) is 0 Å². The first-order valence-electron chi connectivity index (χ1n) is 5.79. The van der Waals surface area contributed by atoms with Crippen LogP contribution in [0.1, 0.15) is 6.92 Å². The van der Waals surface area contributed by atoms with Crippen molar-refractivity contribution in [1.29, 1.82) is 0 Å². The van der Waals surface area contributed by atoms with E-state index in [1.54, 1.807) is 0 Å². The highest BCUT2D eigenvalue weighted by Crippen LogP contribution is 2.62. The third kappa shape index (κ3) is 2.69. The average molecular weight is 342 g/mol. The predicted octanol–water partition coefficient (Wildman–Crippen LogP) is 2.49. The van der Waals surface area contributed by atoms with Gasteiger partial charge in [0.1, 0.15) is 6.61 Å². The quantitative estimate of drug-likeness (QED) is 0.446. The lowest BCUT2D eigenvalue weighted by Gasteiger charge is -2.25. The van der Waals surface area contributed by atoms with Gasteiger partial charge in [0.15, 0.2) is 6.10 Å². The molecule has 22 heavy (non-hydrogen) atoms. The fraction of sp³-hybridized carbons (Fsp3) is 0.900. The molecule has 2 rings (SSSR count). The highest BCUT2D eigenvalue weighted by molar-refractivity contribution is 5.61. The van der Waals surface area contributed by atoms with Gasteiger partial charge >= 0.3 is 18.5 Å². The number of epoxide rings is 1. The van der Waals surface area contributed by atoms with Gasteiger partial charge in [0.25, 0.3) is 5.85 Å². The minimum Gasteiger partial charge on any atom is -0.430 e. The molecule has 128 valence electrons. The second-order valence-corrected chi connectivity index (χ2v) is 4.83. The van der Waals surface area contributed by atoms with Crippen LogP contribution in [0.2, 0.25) is 0 Å². The van der Waals surface area contributed by atoms with Crippen LogP contribution in [0.15, 0.2) is 0 Å². The van der Waals surface area contributed by atoms with Crippen molar-refractivity contribution in [2.45, 2.75) is 42.9 Å². The largest absolute Gasteiger partial charge is 0.508 e. The molecule has 0 aromatic heterocycles. The molecule has 5 nitrogen and oxygen atoms in total. The van der Waals surface area contributed by atoms with Gasteiger partial charge in [-0.3, -0.25) is 0 Å². The Labute approximate surface area is 118 Å². The highest BCUT2D eigenvalue weighted by Gasteiger charge is 2.88. The SMILES string of the molecule is CC1(C(F)(F)F)OC1(F)C(OCC1COC(=O)O1)C(F)(F)F. The fourth-order valence-electron chi connectivity index (χ4n) is 1.89. The van der Waals surface area contributed by atoms with Crippen molar-refractivity contribution in [3.63, 3.8) is 0 Å². The molecule has 4 unspecified atom stereocenters. The van der Waals surface area contributed by atoms with Gasteiger partial charge in [0.2, 0.25) is 11.7 Å². The van der Waals surface area contributed by atoms with Crippen molar-refractivity contribution in [3.8, 4) is 0 Å². The minimum absolute atomic E-state index is 0.147. The van der Waals surface area contributed by atoms with Gasteiger partial charge in [-0.05, 0) is 6.92 Å². The van der Waals surface area contributed by atoms with E-state index in [0.717, 1.165) is 0 Å². The lowest BCUT2D eigenvalue weighted by atomic mass is 10.00. The van der Waals surface area contributed by atoms with Gasteiger partial charge in [0, 0.05) is 0 Å². The lowest BCUT2D eigenvalue weighted by Crippen LogP contribution is -2.50. The van der Waals surface area contributed by atoms with Crippen molar-refractivity contribution in [2.24, 2.45) is 0 Å². The summed E-state index contributed by atoms with van der Waals surface area (Å²) in [6, 6.07) is 0. The topological polar surface area (TPSA) is 57.3 Å². The molecule has 0 amide bonds. The van der Waals surface area contributed by atoms with Crippen LogP contribution in [0.25, 0.3) is 0 Å². The molecule has 0 N–H and O–H groups in total. The molecule has 0 bridgehead atoms. The van der Waals surface area contributed by atoms with E-state index < -0.39 is 55.4 Å². The Morgan fingerprint density at radius 2 is 1.91 bits per heavy atom. The van der Waals surface area contributed by atoms with E-state index in [0.29, 0.717) is 0 Å². The molecular weight excluding hydrogens is 333 g/mol. The van der Waals surface area contributed by atoms with E-state index in [9.17, 15) is 35.5 Å². The van der Waals surface area contributed by atoms with Crippen LogP contribution in [0.3, 0.4) is 0 Å². The Kier molecular flexibility index (Phi) is 3.76. The Bertz CT molecular complexity index is 464. The standard InChI is InChI=1S/C10H9F7O5/c1-7(10(15,16)17)8(11,22-7)5(9(12,13)14)19-2-4-3-20-6(18)21-4/h4-5H,2-3H2,1H3. The van der Waals surface area contributed by atoms with E-state index in [4.69, 9.17) is 0 Å². The maximum atomic E-state index is 14.0. The van der Waals surface area contributed by atoms with E-state index in [-0.39, 0.29) is 6.92 Å². The summed E-state index contributed by atoms with van der Waals surface area (Å²) in [5.41, 5.74) is -3.64. The molecule has 0 saturated carbocycles. The normalized spacial score (nSPS) is 36.7. The summed E-state index contributed by atoms with van der Waals surface area (Å²) in [6.07, 6.45) is -16.8. The summed E-state index contributed by atoms with van der Waals surface area (Å²) < 4.78 is 107. The smallest absolute Gasteiger partial charge is 0.430 e. The molecule has 2 aliphatic rings. The monoisotopic (exact) mass is 342 g/mol. The number of hydrogen-bond acceptors (Lipinski definition) is 5. The molecule has 0 aliphatic carbocycles. The maximum absolute atomic E-state index is 14.0. The van der Waals surface area contributed by atoms with Gasteiger partial charge in [-0.1, -0.05) is 0 Å². The van der Waals surface area contributed by atoms with Crippen molar-refractivity contribution in [3.05, 3.63) is 0 Å². The van der Waals surface area contributed by atoms with E-state index in [2.05, 4.69) is 18.9 Å². The van der Waals surface area contributed by atoms with Gasteiger partial charge in [-0.25, -0.2) is 9.18 Å². The van der Waals surface area contributed by atoms with Crippen molar-refractivity contribution < 1.29 is 54.5 Å². The van der Waals surface area contributed by atoms with E-state index >= 15 is 0 Å². The van der Waals surface area contributed by atoms with Crippen molar-refractivity contribution in [2.75, 3.05) is 13.2 Å². The molecule has 0 spiro atoms. The zero-order valence-corrected chi connectivity index (χ0v) is 10.8. The number of alkyl halides is 7. The van der Waals surface area contributed by atoms with Crippen molar-refractivity contribution >= 4 is 6.16 Å². The summed E-state index contributed by atoms with van der Waals surface area (Å²) in [5, 5.41) is 0. The summed E-state index contributed by atoms with van der Waals surface area (Å²) in [6.45, 7) is -1.31. The third-order valence-electron chi connectivity index (χ3n) is 3.24. The number of cyclic esters (lactones) is 2. The van der Waals surface area contributed by atoms with Crippen LogP contribution < -0.4 is 0 Å². The first-order valence-corrected chi connectivity index (χ1v) is 5.79. The first kappa shape index (κ1) is 17.1. The molecular formula is C10H9F7O5. The molecule has 2 saturated heterocycles. The molecule has 2 fully saturated rings. The number of halogens is 7. The Morgan fingerprint density at radius 3 is 2.27 bits per heavy atom. The van der Waals surface area contributed by atoms with Crippen LogP contribution >= 0.6 is 0 Å². The minimum atomic E-state index is -5.47. The first-order chi connectivity index (χ1) is 9.81. The second kappa shape index (κ2) is 4.85. The van der Waals surface area contributed by atoms with Gasteiger partial charge in [-0.15, -0.1) is 0 Å².